The maximum atomic E-state index is 5.42. The van der Waals surface area contributed by atoms with E-state index in [0.29, 0.717) is 17.9 Å². The number of nitrogens with two attached hydrogens (primary N) is 1. The van der Waals surface area contributed by atoms with Crippen LogP contribution in [0, 0.1) is 0 Å². The number of nitrogen functional groups attached to an aromatic ring is 1. The number of H-pyrrole nitrogens is 1. The van der Waals surface area contributed by atoms with Gasteiger partial charge in [0.2, 0.25) is 11.9 Å². The molecule has 0 fully saturated rings. The van der Waals surface area contributed by atoms with E-state index in [-0.39, 0.29) is 0 Å². The Morgan fingerprint density at radius 1 is 1.58 bits per heavy atom. The van der Waals surface area contributed by atoms with Gasteiger partial charge in [0.25, 0.3) is 0 Å². The Balaban J connectivity index is 2.80. The Morgan fingerprint density at radius 3 is 2.58 bits per heavy atom. The third-order valence-electron chi connectivity index (χ3n) is 1.71. The van der Waals surface area contributed by atoms with Crippen LogP contribution in [0.3, 0.4) is 0 Å². The lowest BCUT2D eigenvalue weighted by Gasteiger charge is -2.22. The summed E-state index contributed by atoms with van der Waals surface area (Å²) in [6.45, 7) is 7.13. The Kier molecular flexibility index (Phi) is 2.52. The van der Waals surface area contributed by atoms with E-state index in [2.05, 4.69) is 40.9 Å². The Labute approximate surface area is 72.0 Å². The molecule has 0 aliphatic heterocycles. The number of aromatic amines is 1. The molecule has 0 bridgehead atoms. The summed E-state index contributed by atoms with van der Waals surface area (Å²) in [5.74, 6) is 1.04. The molecule has 68 valence electrons. The normalized spacial score (nSPS) is 10.7. The molecule has 0 saturated carbocycles. The van der Waals surface area contributed by atoms with Crippen LogP contribution in [0.5, 0.6) is 0 Å². The Bertz CT molecular complexity index is 242. The second-order valence-corrected chi connectivity index (χ2v) is 2.90. The molecule has 1 rings (SSSR count). The molecule has 0 aliphatic rings. The van der Waals surface area contributed by atoms with Crippen molar-refractivity contribution in [2.75, 3.05) is 17.2 Å². The largest absolute Gasteiger partial charge is 0.368 e. The van der Waals surface area contributed by atoms with Crippen LogP contribution in [-0.2, 0) is 0 Å². The lowest BCUT2D eigenvalue weighted by atomic mass is 10.3. The zero-order valence-electron chi connectivity index (χ0n) is 7.70. The lowest BCUT2D eigenvalue weighted by Crippen LogP contribution is -2.31. The maximum Gasteiger partial charge on any atom is 0.246 e. The first-order chi connectivity index (χ1) is 5.65. The SMILES string of the molecule is CCN(c1n[nH]c(N)n1)C(C)C. The number of hydrogen-bond donors (Lipinski definition) is 2. The third kappa shape index (κ3) is 1.66. The molecule has 0 radical (unpaired) electrons. The van der Waals surface area contributed by atoms with E-state index in [4.69, 9.17) is 5.73 Å². The average molecular weight is 169 g/mol. The predicted octanol–water partition coefficient (Wildman–Crippen LogP) is 0.622. The van der Waals surface area contributed by atoms with Crippen LogP contribution in [0.2, 0.25) is 0 Å². The molecule has 1 heterocycles. The van der Waals surface area contributed by atoms with Gasteiger partial charge in [-0.25, -0.2) is 5.10 Å². The molecule has 0 aliphatic carbocycles. The molecule has 0 atom stereocenters. The van der Waals surface area contributed by atoms with Crippen LogP contribution in [0.25, 0.3) is 0 Å². The highest BCUT2D eigenvalue weighted by molar-refractivity contribution is 5.34. The second-order valence-electron chi connectivity index (χ2n) is 2.90. The number of hydrogen-bond acceptors (Lipinski definition) is 4. The first-order valence-electron chi connectivity index (χ1n) is 4.09. The van der Waals surface area contributed by atoms with Gasteiger partial charge in [-0.15, -0.1) is 5.10 Å². The van der Waals surface area contributed by atoms with Crippen LogP contribution in [0.1, 0.15) is 20.8 Å². The summed E-state index contributed by atoms with van der Waals surface area (Å²) in [4.78, 5) is 6.10. The van der Waals surface area contributed by atoms with E-state index in [9.17, 15) is 0 Å². The standard InChI is InChI=1S/C7H15N5/c1-4-12(5(2)3)7-9-6(8)10-11-7/h5H,4H2,1-3H3,(H3,8,9,10,11). The quantitative estimate of drug-likeness (QED) is 0.696. The number of nitrogens with zero attached hydrogens (tertiary/aromatic N) is 3. The summed E-state index contributed by atoms with van der Waals surface area (Å²) in [7, 11) is 0. The molecular formula is C7H15N5. The summed E-state index contributed by atoms with van der Waals surface area (Å²) in [6, 6.07) is 0.394. The van der Waals surface area contributed by atoms with Crippen LogP contribution in [0.4, 0.5) is 11.9 Å². The predicted molar refractivity (Wildman–Crippen MR) is 49.0 cm³/mol. The van der Waals surface area contributed by atoms with Crippen molar-refractivity contribution in [3.05, 3.63) is 0 Å². The highest BCUT2D eigenvalue weighted by Gasteiger charge is 2.11. The van der Waals surface area contributed by atoms with Crippen LogP contribution >= 0.6 is 0 Å². The average Bonchev–Trinajstić information content (AvgIpc) is 2.37. The van der Waals surface area contributed by atoms with E-state index in [1.807, 2.05) is 0 Å². The molecule has 12 heavy (non-hydrogen) atoms. The Morgan fingerprint density at radius 2 is 2.25 bits per heavy atom. The van der Waals surface area contributed by atoms with Crippen molar-refractivity contribution in [2.24, 2.45) is 0 Å². The molecule has 0 spiro atoms. The van der Waals surface area contributed by atoms with Crippen LogP contribution < -0.4 is 10.6 Å². The van der Waals surface area contributed by atoms with E-state index >= 15 is 0 Å². The van der Waals surface area contributed by atoms with Crippen molar-refractivity contribution < 1.29 is 0 Å². The first kappa shape index (κ1) is 8.83. The minimum atomic E-state index is 0.365. The molecule has 0 amide bonds. The molecule has 3 N–H and O–H groups in total. The zero-order chi connectivity index (χ0) is 9.14. The number of aromatic nitrogens is 3. The van der Waals surface area contributed by atoms with Gasteiger partial charge in [0.15, 0.2) is 0 Å². The van der Waals surface area contributed by atoms with Gasteiger partial charge in [-0.2, -0.15) is 4.98 Å². The van der Waals surface area contributed by atoms with Gasteiger partial charge >= 0.3 is 0 Å². The summed E-state index contributed by atoms with van der Waals surface area (Å²) >= 11 is 0. The van der Waals surface area contributed by atoms with Crippen molar-refractivity contribution in [3.8, 4) is 0 Å². The van der Waals surface area contributed by atoms with Gasteiger partial charge < -0.3 is 10.6 Å². The van der Waals surface area contributed by atoms with Gasteiger partial charge in [0.1, 0.15) is 0 Å². The zero-order valence-corrected chi connectivity index (χ0v) is 7.70. The molecule has 0 saturated heterocycles. The molecule has 1 aromatic heterocycles. The van der Waals surface area contributed by atoms with E-state index in [1.165, 1.54) is 0 Å². The van der Waals surface area contributed by atoms with E-state index < -0.39 is 0 Å². The second kappa shape index (κ2) is 3.42. The van der Waals surface area contributed by atoms with Gasteiger partial charge in [-0.1, -0.05) is 0 Å². The summed E-state index contributed by atoms with van der Waals surface area (Å²) in [5, 5.41) is 6.59. The van der Waals surface area contributed by atoms with E-state index in [1.54, 1.807) is 0 Å². The van der Waals surface area contributed by atoms with Crippen molar-refractivity contribution in [3.63, 3.8) is 0 Å². The number of anilines is 2. The monoisotopic (exact) mass is 169 g/mol. The molecule has 0 unspecified atom stereocenters. The molecule has 5 nitrogen and oxygen atoms in total. The molecule has 0 aromatic carbocycles. The fourth-order valence-corrected chi connectivity index (χ4v) is 1.13. The maximum absolute atomic E-state index is 5.42. The highest BCUT2D eigenvalue weighted by atomic mass is 15.4. The minimum Gasteiger partial charge on any atom is -0.368 e. The summed E-state index contributed by atoms with van der Waals surface area (Å²) in [5.41, 5.74) is 5.42. The van der Waals surface area contributed by atoms with Crippen LogP contribution in [0.15, 0.2) is 0 Å². The third-order valence-corrected chi connectivity index (χ3v) is 1.71. The number of rotatable bonds is 3. The van der Waals surface area contributed by atoms with Gasteiger partial charge in [-0.05, 0) is 20.8 Å². The van der Waals surface area contributed by atoms with Crippen molar-refractivity contribution >= 4 is 11.9 Å². The van der Waals surface area contributed by atoms with Crippen molar-refractivity contribution in [1.82, 2.24) is 15.2 Å². The van der Waals surface area contributed by atoms with Gasteiger partial charge in [0.05, 0.1) is 0 Å². The lowest BCUT2D eigenvalue weighted by molar-refractivity contribution is 0.683. The van der Waals surface area contributed by atoms with Gasteiger partial charge in [-0.3, -0.25) is 0 Å². The fourth-order valence-electron chi connectivity index (χ4n) is 1.13. The smallest absolute Gasteiger partial charge is 0.246 e. The fraction of sp³-hybridized carbons (Fsp3) is 0.714. The first-order valence-corrected chi connectivity index (χ1v) is 4.09. The molecule has 5 heteroatoms. The van der Waals surface area contributed by atoms with E-state index in [0.717, 1.165) is 6.54 Å². The van der Waals surface area contributed by atoms with Crippen molar-refractivity contribution in [1.29, 1.82) is 0 Å². The number of nitrogens with one attached hydrogen (secondary N) is 1. The topological polar surface area (TPSA) is 70.8 Å². The minimum absolute atomic E-state index is 0.365. The van der Waals surface area contributed by atoms with Gasteiger partial charge in [0, 0.05) is 12.6 Å². The molecular weight excluding hydrogens is 154 g/mol. The van der Waals surface area contributed by atoms with Crippen LogP contribution in [-0.4, -0.2) is 27.8 Å². The Hall–Kier alpha value is -1.26. The van der Waals surface area contributed by atoms with Crippen molar-refractivity contribution in [2.45, 2.75) is 26.8 Å². The highest BCUT2D eigenvalue weighted by Crippen LogP contribution is 2.10. The summed E-state index contributed by atoms with van der Waals surface area (Å²) in [6.07, 6.45) is 0. The molecule has 1 aromatic rings. The summed E-state index contributed by atoms with van der Waals surface area (Å²) < 4.78 is 0.